The van der Waals surface area contributed by atoms with Crippen LogP contribution in [-0.2, 0) is 51.1 Å². The molecule has 348 valence electrons. The highest BCUT2D eigenvalue weighted by Crippen LogP contribution is 2.32. The molecule has 0 radical (unpaired) electrons. The molecule has 0 bridgehead atoms. The molecule has 4 atom stereocenters. The van der Waals surface area contributed by atoms with Crippen molar-refractivity contribution in [2.75, 3.05) is 26.8 Å². The summed E-state index contributed by atoms with van der Waals surface area (Å²) >= 11 is 0. The Kier molecular flexibility index (Phi) is 17.2. The van der Waals surface area contributed by atoms with Crippen LogP contribution in [-0.4, -0.2) is 113 Å². The monoisotopic (exact) mass is 912 g/mol. The first-order valence-corrected chi connectivity index (χ1v) is 20.5. The van der Waals surface area contributed by atoms with Crippen molar-refractivity contribution in [1.82, 2.24) is 29.8 Å². The lowest BCUT2D eigenvalue weighted by Crippen LogP contribution is -2.54. The van der Waals surface area contributed by atoms with Gasteiger partial charge in [0.05, 0.1) is 42.7 Å². The molecule has 1 fully saturated rings. The number of piperidine rings is 1. The highest BCUT2D eigenvalue weighted by molar-refractivity contribution is 5.83. The van der Waals surface area contributed by atoms with Gasteiger partial charge in [-0.2, -0.15) is 23.4 Å². The van der Waals surface area contributed by atoms with Crippen LogP contribution in [0, 0.1) is 11.6 Å². The maximum absolute atomic E-state index is 14.7. The molecule has 6 rings (SSSR count). The number of benzene rings is 3. The Hall–Kier alpha value is -6.35. The Morgan fingerprint density at radius 2 is 1.55 bits per heavy atom. The molecule has 5 N–H and O–H groups in total. The van der Waals surface area contributed by atoms with Crippen molar-refractivity contribution in [3.8, 4) is 11.1 Å². The number of aryl methyl sites for hydroxylation is 2. The Bertz CT molecular complexity index is 2420. The Balaban J connectivity index is 0.000000709. The number of hydrogen-bond acceptors (Lipinski definition) is 10. The number of ether oxygens (including phenoxy) is 1. The fourth-order valence-corrected chi connectivity index (χ4v) is 7.35. The van der Waals surface area contributed by atoms with E-state index < -0.39 is 59.1 Å². The molecule has 65 heavy (non-hydrogen) atoms. The minimum atomic E-state index is -4.43. The maximum Gasteiger partial charge on any atom is 0.416 e. The van der Waals surface area contributed by atoms with Gasteiger partial charge in [-0.05, 0) is 85.0 Å². The zero-order valence-electron chi connectivity index (χ0n) is 35.4. The number of H-pyrrole nitrogens is 1. The van der Waals surface area contributed by atoms with Crippen LogP contribution >= 0.6 is 0 Å². The number of alkyl halides is 3. The van der Waals surface area contributed by atoms with Gasteiger partial charge in [-0.15, -0.1) is 0 Å². The molecule has 20 heteroatoms. The topological polar surface area (TPSA) is 211 Å². The summed E-state index contributed by atoms with van der Waals surface area (Å²) in [6.45, 7) is 3.87. The van der Waals surface area contributed by atoms with Crippen LogP contribution in [0.5, 0.6) is 0 Å². The van der Waals surface area contributed by atoms with Crippen molar-refractivity contribution >= 4 is 17.8 Å². The number of aromatic nitrogens is 4. The third kappa shape index (κ3) is 13.1. The lowest BCUT2D eigenvalue weighted by Gasteiger charge is -2.43. The molecule has 0 aliphatic carbocycles. The van der Waals surface area contributed by atoms with Crippen molar-refractivity contribution in [2.45, 2.75) is 82.6 Å². The van der Waals surface area contributed by atoms with E-state index in [0.717, 1.165) is 55.1 Å². The Labute approximate surface area is 369 Å². The van der Waals surface area contributed by atoms with Crippen LogP contribution < -0.4 is 5.56 Å². The highest BCUT2D eigenvalue weighted by atomic mass is 19.4. The molecular weight excluding hydrogens is 864 g/mol. The number of nitrogens with zero attached hydrogens (tertiary/aromatic N) is 5. The predicted molar refractivity (Wildman–Crippen MR) is 224 cm³/mol. The lowest BCUT2D eigenvalue weighted by molar-refractivity contribution is -0.165. The minimum absolute atomic E-state index is 0.0790. The van der Waals surface area contributed by atoms with Crippen molar-refractivity contribution in [1.29, 1.82) is 0 Å². The fourth-order valence-electron chi connectivity index (χ4n) is 7.35. The fraction of sp³-hybridized carbons (Fsp3) is 0.378. The zero-order chi connectivity index (χ0) is 47.4. The van der Waals surface area contributed by atoms with Crippen molar-refractivity contribution in [3.05, 3.63) is 141 Å². The Morgan fingerprint density at radius 3 is 2.14 bits per heavy atom. The molecule has 1 aliphatic heterocycles. The Morgan fingerprint density at radius 1 is 0.923 bits per heavy atom. The van der Waals surface area contributed by atoms with Crippen LogP contribution in [0.15, 0.2) is 90.0 Å². The molecule has 3 heterocycles. The van der Waals surface area contributed by atoms with E-state index in [2.05, 4.69) is 15.1 Å². The third-order valence-electron chi connectivity index (χ3n) is 11.0. The van der Waals surface area contributed by atoms with Gasteiger partial charge in [0.2, 0.25) is 5.91 Å². The molecule has 0 spiro atoms. The van der Waals surface area contributed by atoms with Crippen LogP contribution in [0.3, 0.4) is 0 Å². The van der Waals surface area contributed by atoms with Crippen LogP contribution in [0.4, 0.5) is 22.0 Å². The molecule has 1 saturated heterocycles. The van der Waals surface area contributed by atoms with Gasteiger partial charge in [-0.1, -0.05) is 48.5 Å². The van der Waals surface area contributed by atoms with E-state index in [1.165, 1.54) is 35.0 Å². The third-order valence-corrected chi connectivity index (χ3v) is 11.0. The summed E-state index contributed by atoms with van der Waals surface area (Å²) in [7, 11) is 1.63. The first-order chi connectivity index (χ1) is 30.9. The first-order valence-electron chi connectivity index (χ1n) is 20.5. The van der Waals surface area contributed by atoms with Crippen LogP contribution in [0.2, 0.25) is 0 Å². The number of carbonyl (C=O) groups is 3. The number of aliphatic hydroxyl groups excluding tert-OH is 2. The molecule has 4 unspecified atom stereocenters. The van der Waals surface area contributed by atoms with E-state index in [1.54, 1.807) is 26.4 Å². The van der Waals surface area contributed by atoms with E-state index in [0.29, 0.717) is 35.5 Å². The number of hydrogen-bond donors (Lipinski definition) is 5. The summed E-state index contributed by atoms with van der Waals surface area (Å²) in [5, 5.41) is 44.0. The summed E-state index contributed by atoms with van der Waals surface area (Å²) in [5.41, 5.74) is 2.69. The van der Waals surface area contributed by atoms with Gasteiger partial charge >= 0.3 is 18.1 Å². The largest absolute Gasteiger partial charge is 0.479 e. The van der Waals surface area contributed by atoms with Gasteiger partial charge in [0.1, 0.15) is 0 Å². The van der Waals surface area contributed by atoms with Gasteiger partial charge in [-0.3, -0.25) is 19.6 Å². The van der Waals surface area contributed by atoms with Crippen molar-refractivity contribution < 1.29 is 61.5 Å². The van der Waals surface area contributed by atoms with E-state index in [-0.39, 0.29) is 43.4 Å². The van der Waals surface area contributed by atoms with Gasteiger partial charge in [-0.25, -0.2) is 23.1 Å². The zero-order valence-corrected chi connectivity index (χ0v) is 35.4. The molecule has 1 amide bonds. The van der Waals surface area contributed by atoms with Crippen LogP contribution in [0.1, 0.15) is 65.7 Å². The second-order valence-electron chi connectivity index (χ2n) is 15.4. The second kappa shape index (κ2) is 22.5. The average Bonchev–Trinajstić information content (AvgIpc) is 3.84. The molecule has 15 nitrogen and oxygen atoms in total. The highest BCUT2D eigenvalue weighted by Gasteiger charge is 2.33. The smallest absolute Gasteiger partial charge is 0.416 e. The molecule has 2 aromatic heterocycles. The molecule has 0 saturated carbocycles. The number of carbonyl (C=O) groups excluding carboxylic acids is 1. The quantitative estimate of drug-likeness (QED) is 0.0760. The maximum atomic E-state index is 14.7. The van der Waals surface area contributed by atoms with E-state index >= 15 is 0 Å². The summed E-state index contributed by atoms with van der Waals surface area (Å²) in [4.78, 5) is 51.7. The van der Waals surface area contributed by atoms with E-state index in [1.807, 2.05) is 29.2 Å². The molecular formula is C45H49F5N6O9. The summed E-state index contributed by atoms with van der Waals surface area (Å²) in [5.74, 6) is -5.71. The first kappa shape index (κ1) is 49.7. The summed E-state index contributed by atoms with van der Waals surface area (Å²) in [6, 6.07) is 17.2. The molecule has 5 aromatic rings. The number of aromatic amines is 1. The number of rotatable bonds is 17. The number of aliphatic carboxylic acids is 2. The van der Waals surface area contributed by atoms with Crippen LogP contribution in [0.25, 0.3) is 11.1 Å². The van der Waals surface area contributed by atoms with Crippen molar-refractivity contribution in [3.63, 3.8) is 0 Å². The number of carboxylic acid groups (broad SMARTS) is 2. The van der Waals surface area contributed by atoms with Gasteiger partial charge in [0.25, 0.3) is 5.56 Å². The normalized spacial score (nSPS) is 15.6. The molecule has 1 aliphatic rings. The number of methoxy groups -OCH3 is 1. The number of carboxylic acids is 2. The number of nitrogens with one attached hydrogen (secondary N) is 1. The number of halogens is 5. The molecule has 3 aromatic carbocycles. The van der Waals surface area contributed by atoms with Crippen molar-refractivity contribution in [2.24, 2.45) is 0 Å². The summed E-state index contributed by atoms with van der Waals surface area (Å²) in [6.07, 6.45) is -3.35. The van der Waals surface area contributed by atoms with Gasteiger partial charge in [0.15, 0.2) is 23.8 Å². The predicted octanol–water partition coefficient (Wildman–Crippen LogP) is 5.23. The minimum Gasteiger partial charge on any atom is -0.479 e. The second-order valence-corrected chi connectivity index (χ2v) is 15.4. The van der Waals surface area contributed by atoms with E-state index in [9.17, 15) is 41.1 Å². The number of amides is 1. The number of likely N-dealkylation sites (tertiary alicyclic amines) is 1. The standard InChI is InChI=1S/C41H43F5N6O3.C4H6O6/c1-27(33-24-47-48-25-33)52-39(54)22-32(14-13-31-6-5-7-35(42)40(31)43)36(49-52)23-38(53)51(37-8-3-4-19-50(37)20-21-55-2)26-28-9-11-29(12-10-28)30-15-17-34(18-16-30)41(44,45)46;5-1(3(7)8)2(6)4(9)10/h5-7,9-12,15-18,22,24-25,27,37H,3-4,8,13-14,19-21,23,26H2,1-2H3,(H,47,48);1-2,5-6H,(H,7,8)(H,9,10). The van der Waals surface area contributed by atoms with E-state index in [4.69, 9.17) is 30.3 Å². The number of aliphatic hydroxyl groups is 2. The van der Waals surface area contributed by atoms with Gasteiger partial charge < -0.3 is 30.1 Å². The average molecular weight is 913 g/mol. The SMILES string of the molecule is COCCN1CCCCC1N(Cc1ccc(-c2ccc(C(F)(F)F)cc2)cc1)C(=O)Cc1nn(C(C)c2cn[nH]c2)c(=O)cc1CCc1cccc(F)c1F.O=C(O)C(O)C(O)C(=O)O. The summed E-state index contributed by atoms with van der Waals surface area (Å²) < 4.78 is 74.9. The lowest BCUT2D eigenvalue weighted by atomic mass is 10.00. The van der Waals surface area contributed by atoms with Gasteiger partial charge in [0, 0.05) is 44.6 Å².